The Morgan fingerprint density at radius 1 is 1.19 bits per heavy atom. The van der Waals surface area contributed by atoms with E-state index in [0.717, 1.165) is 41.8 Å². The van der Waals surface area contributed by atoms with Crippen LogP contribution in [0.25, 0.3) is 5.69 Å². The molecule has 0 saturated carbocycles. The highest BCUT2D eigenvalue weighted by atomic mass is 32.1. The number of carbonyl (C=O) groups is 2. The summed E-state index contributed by atoms with van der Waals surface area (Å²) in [6, 6.07) is 9.42. The summed E-state index contributed by atoms with van der Waals surface area (Å²) >= 11 is 1.44. The Bertz CT molecular complexity index is 1090. The Hall–Kier alpha value is -3.04. The lowest BCUT2D eigenvalue weighted by Gasteiger charge is -2.12. The molecule has 1 amide bonds. The maximum absolute atomic E-state index is 13.2. The number of esters is 1. The minimum absolute atomic E-state index is 0.159. The number of para-hydroxylation sites is 1. The molecule has 1 aliphatic rings. The van der Waals surface area contributed by atoms with Crippen LogP contribution in [-0.2, 0) is 28.9 Å². The van der Waals surface area contributed by atoms with Gasteiger partial charge in [0, 0.05) is 12.0 Å². The van der Waals surface area contributed by atoms with Crippen LogP contribution in [0.5, 0.6) is 0 Å². The number of methoxy groups -OCH3 is 1. The molecule has 0 aliphatic heterocycles. The van der Waals surface area contributed by atoms with E-state index in [4.69, 9.17) is 9.47 Å². The SMILES string of the molecule is CCOC(=O)c1c(NC(=O)c2nnn(-c3ccccc3)c2COC)sc2c1CCCC2. The van der Waals surface area contributed by atoms with Crippen molar-refractivity contribution in [2.45, 2.75) is 39.2 Å². The van der Waals surface area contributed by atoms with E-state index in [1.807, 2.05) is 30.3 Å². The Labute approximate surface area is 184 Å². The van der Waals surface area contributed by atoms with Crippen LogP contribution < -0.4 is 5.32 Å². The molecular formula is C22H24N4O4S. The van der Waals surface area contributed by atoms with Gasteiger partial charge in [0.05, 0.1) is 24.5 Å². The lowest BCUT2D eigenvalue weighted by atomic mass is 9.95. The van der Waals surface area contributed by atoms with Crippen LogP contribution in [0.4, 0.5) is 5.00 Å². The zero-order valence-electron chi connectivity index (χ0n) is 17.5. The number of amides is 1. The van der Waals surface area contributed by atoms with E-state index in [0.29, 0.717) is 16.3 Å². The number of hydrogen-bond donors (Lipinski definition) is 1. The van der Waals surface area contributed by atoms with Crippen molar-refractivity contribution in [2.75, 3.05) is 19.0 Å². The van der Waals surface area contributed by atoms with E-state index >= 15 is 0 Å². The largest absolute Gasteiger partial charge is 0.462 e. The van der Waals surface area contributed by atoms with Crippen LogP contribution >= 0.6 is 11.3 Å². The van der Waals surface area contributed by atoms with Gasteiger partial charge in [0.15, 0.2) is 5.69 Å². The Kier molecular flexibility index (Phi) is 6.43. The van der Waals surface area contributed by atoms with Gasteiger partial charge in [0.25, 0.3) is 5.91 Å². The van der Waals surface area contributed by atoms with Crippen LogP contribution in [0.2, 0.25) is 0 Å². The van der Waals surface area contributed by atoms with Gasteiger partial charge in [-0.25, -0.2) is 9.48 Å². The Morgan fingerprint density at radius 3 is 2.71 bits per heavy atom. The summed E-state index contributed by atoms with van der Waals surface area (Å²) in [5.41, 5.74) is 2.94. The normalized spacial score (nSPS) is 13.0. The van der Waals surface area contributed by atoms with Gasteiger partial charge in [-0.2, -0.15) is 0 Å². The second kappa shape index (κ2) is 9.40. The number of anilines is 1. The first-order valence-electron chi connectivity index (χ1n) is 10.3. The lowest BCUT2D eigenvalue weighted by molar-refractivity contribution is 0.0526. The number of hydrogen-bond acceptors (Lipinski definition) is 7. The fraction of sp³-hybridized carbons (Fsp3) is 0.364. The third-order valence-corrected chi connectivity index (χ3v) is 6.35. The third kappa shape index (κ3) is 4.24. The molecule has 162 valence electrons. The maximum atomic E-state index is 13.2. The van der Waals surface area contributed by atoms with Crippen molar-refractivity contribution in [1.82, 2.24) is 15.0 Å². The van der Waals surface area contributed by atoms with Crippen molar-refractivity contribution in [2.24, 2.45) is 0 Å². The molecule has 31 heavy (non-hydrogen) atoms. The predicted octanol–water partition coefficient (Wildman–Crippen LogP) is 3.78. The van der Waals surface area contributed by atoms with Crippen LogP contribution in [-0.4, -0.2) is 40.6 Å². The molecule has 9 heteroatoms. The van der Waals surface area contributed by atoms with Crippen molar-refractivity contribution in [3.63, 3.8) is 0 Å². The van der Waals surface area contributed by atoms with Gasteiger partial charge in [0.2, 0.25) is 0 Å². The molecule has 4 rings (SSSR count). The van der Waals surface area contributed by atoms with Crippen LogP contribution in [0.1, 0.15) is 56.7 Å². The number of aryl methyl sites for hydroxylation is 1. The maximum Gasteiger partial charge on any atom is 0.341 e. The van der Waals surface area contributed by atoms with Gasteiger partial charge in [0.1, 0.15) is 10.7 Å². The van der Waals surface area contributed by atoms with Crippen molar-refractivity contribution < 1.29 is 19.1 Å². The smallest absolute Gasteiger partial charge is 0.341 e. The summed E-state index contributed by atoms with van der Waals surface area (Å²) in [4.78, 5) is 27.0. The number of nitrogens with one attached hydrogen (secondary N) is 1. The summed E-state index contributed by atoms with van der Waals surface area (Å²) < 4.78 is 12.2. The highest BCUT2D eigenvalue weighted by molar-refractivity contribution is 7.17. The Balaban J connectivity index is 1.68. The van der Waals surface area contributed by atoms with E-state index in [2.05, 4.69) is 15.6 Å². The van der Waals surface area contributed by atoms with Gasteiger partial charge in [-0.3, -0.25) is 4.79 Å². The highest BCUT2D eigenvalue weighted by Crippen LogP contribution is 2.38. The summed E-state index contributed by atoms with van der Waals surface area (Å²) in [6.07, 6.45) is 3.82. The van der Waals surface area contributed by atoms with Crippen molar-refractivity contribution in [3.05, 3.63) is 57.7 Å². The second-order valence-corrected chi connectivity index (χ2v) is 8.26. The van der Waals surface area contributed by atoms with Crippen LogP contribution in [0, 0.1) is 0 Å². The van der Waals surface area contributed by atoms with Crippen LogP contribution in [0.15, 0.2) is 30.3 Å². The summed E-state index contributed by atoms with van der Waals surface area (Å²) in [5, 5.41) is 11.7. The molecule has 0 saturated heterocycles. The van der Waals surface area contributed by atoms with Crippen molar-refractivity contribution in [1.29, 1.82) is 0 Å². The number of nitrogens with zero attached hydrogens (tertiary/aromatic N) is 3. The third-order valence-electron chi connectivity index (χ3n) is 5.14. The van der Waals surface area contributed by atoms with Crippen LogP contribution in [0.3, 0.4) is 0 Å². The molecule has 8 nitrogen and oxygen atoms in total. The average Bonchev–Trinajstić information content (AvgIpc) is 3.36. The quantitative estimate of drug-likeness (QED) is 0.562. The number of aromatic nitrogens is 3. The standard InChI is InChI=1S/C22H24N4O4S/c1-3-30-22(28)18-15-11-7-8-12-17(15)31-21(18)23-20(27)19-16(13-29-2)26(25-24-19)14-9-5-4-6-10-14/h4-6,9-10H,3,7-8,11-13H2,1-2H3,(H,23,27). The predicted molar refractivity (Wildman–Crippen MR) is 117 cm³/mol. The first-order chi connectivity index (χ1) is 15.1. The van der Waals surface area contributed by atoms with E-state index in [9.17, 15) is 9.59 Å². The molecule has 1 aliphatic carbocycles. The van der Waals surface area contributed by atoms with Gasteiger partial charge >= 0.3 is 5.97 Å². The topological polar surface area (TPSA) is 95.3 Å². The molecule has 0 unspecified atom stereocenters. The summed E-state index contributed by atoms with van der Waals surface area (Å²) in [7, 11) is 1.55. The molecular weight excluding hydrogens is 416 g/mol. The molecule has 0 bridgehead atoms. The van der Waals surface area contributed by atoms with Gasteiger partial charge in [-0.05, 0) is 50.3 Å². The fourth-order valence-corrected chi connectivity index (χ4v) is 5.03. The lowest BCUT2D eigenvalue weighted by Crippen LogP contribution is -2.18. The number of fused-ring (bicyclic) bond motifs is 1. The first kappa shape index (κ1) is 21.2. The number of thiophene rings is 1. The zero-order chi connectivity index (χ0) is 21.8. The van der Waals surface area contributed by atoms with Crippen molar-refractivity contribution >= 4 is 28.2 Å². The van der Waals surface area contributed by atoms with E-state index in [1.54, 1.807) is 18.7 Å². The number of rotatable bonds is 7. The fourth-order valence-electron chi connectivity index (χ4n) is 3.76. The zero-order valence-corrected chi connectivity index (χ0v) is 18.3. The van der Waals surface area contributed by atoms with Crippen molar-refractivity contribution in [3.8, 4) is 5.69 Å². The van der Waals surface area contributed by atoms with E-state index in [-0.39, 0.29) is 18.9 Å². The van der Waals surface area contributed by atoms with E-state index in [1.165, 1.54) is 11.3 Å². The molecule has 3 aromatic rings. The van der Waals surface area contributed by atoms with E-state index < -0.39 is 11.9 Å². The first-order valence-corrected chi connectivity index (χ1v) is 11.1. The number of carbonyl (C=O) groups excluding carboxylic acids is 2. The molecule has 0 radical (unpaired) electrons. The number of ether oxygens (including phenoxy) is 2. The molecule has 1 aromatic carbocycles. The molecule has 0 spiro atoms. The average molecular weight is 441 g/mol. The van der Waals surface area contributed by atoms with Gasteiger partial charge in [-0.1, -0.05) is 23.4 Å². The minimum Gasteiger partial charge on any atom is -0.462 e. The molecule has 0 atom stereocenters. The minimum atomic E-state index is -0.432. The molecule has 2 aromatic heterocycles. The molecule has 2 heterocycles. The summed E-state index contributed by atoms with van der Waals surface area (Å²) in [6.45, 7) is 2.21. The molecule has 1 N–H and O–H groups in total. The Morgan fingerprint density at radius 2 is 1.97 bits per heavy atom. The summed E-state index contributed by atoms with van der Waals surface area (Å²) in [5.74, 6) is -0.833. The van der Waals surface area contributed by atoms with Gasteiger partial charge in [-0.15, -0.1) is 16.4 Å². The number of benzene rings is 1. The van der Waals surface area contributed by atoms with Gasteiger partial charge < -0.3 is 14.8 Å². The monoisotopic (exact) mass is 440 g/mol. The second-order valence-electron chi connectivity index (χ2n) is 7.15. The highest BCUT2D eigenvalue weighted by Gasteiger charge is 2.29. The molecule has 0 fully saturated rings.